The standard InChI is InChI=1S/C24H25FN2O4/c1-4-14-31-19-7-5-6-17(15-19)21-20(22(28)16-8-10-18(25)11-9-16)23(29)24(30)27(21)13-12-26(2)3/h4-11,15,21,28H,1,12-14H2,2-3H3/b22-20-/t21-/m0/s1. The number of benzene rings is 2. The molecule has 0 unspecified atom stereocenters. The van der Waals surface area contributed by atoms with Gasteiger partial charge in [-0.2, -0.15) is 0 Å². The Bertz CT molecular complexity index is 1010. The van der Waals surface area contributed by atoms with E-state index in [0.29, 0.717) is 31.0 Å². The van der Waals surface area contributed by atoms with Crippen LogP contribution < -0.4 is 4.74 Å². The first kappa shape index (κ1) is 22.2. The number of likely N-dealkylation sites (tertiary alicyclic amines) is 1. The maximum atomic E-state index is 13.3. The Kier molecular flexibility index (Phi) is 6.87. The van der Waals surface area contributed by atoms with Gasteiger partial charge in [-0.25, -0.2) is 4.39 Å². The van der Waals surface area contributed by atoms with Crippen molar-refractivity contribution < 1.29 is 23.8 Å². The highest BCUT2D eigenvalue weighted by Gasteiger charge is 2.46. The molecule has 3 rings (SSSR count). The summed E-state index contributed by atoms with van der Waals surface area (Å²) in [6.07, 6.45) is 1.62. The highest BCUT2D eigenvalue weighted by Crippen LogP contribution is 2.40. The van der Waals surface area contributed by atoms with Crippen LogP contribution in [0.5, 0.6) is 5.75 Å². The van der Waals surface area contributed by atoms with Gasteiger partial charge >= 0.3 is 0 Å². The van der Waals surface area contributed by atoms with Gasteiger partial charge in [0.15, 0.2) is 0 Å². The first-order valence-corrected chi connectivity index (χ1v) is 9.86. The molecule has 7 heteroatoms. The molecule has 1 aliphatic heterocycles. The predicted molar refractivity (Wildman–Crippen MR) is 116 cm³/mol. The molecule has 1 aliphatic rings. The van der Waals surface area contributed by atoms with Crippen LogP contribution in [-0.4, -0.2) is 60.4 Å². The van der Waals surface area contributed by atoms with Crippen LogP contribution in [-0.2, 0) is 9.59 Å². The molecule has 0 radical (unpaired) electrons. The second-order valence-corrected chi connectivity index (χ2v) is 7.47. The number of likely N-dealkylation sites (N-methyl/N-ethyl adjacent to an activating group) is 1. The number of carbonyl (C=O) groups is 2. The second-order valence-electron chi connectivity index (χ2n) is 7.47. The van der Waals surface area contributed by atoms with Crippen LogP contribution in [0.4, 0.5) is 4.39 Å². The number of ether oxygens (including phenoxy) is 1. The summed E-state index contributed by atoms with van der Waals surface area (Å²) in [6.45, 7) is 4.76. The van der Waals surface area contributed by atoms with Crippen LogP contribution in [0, 0.1) is 5.82 Å². The van der Waals surface area contributed by atoms with Crippen molar-refractivity contribution in [2.45, 2.75) is 6.04 Å². The molecular weight excluding hydrogens is 399 g/mol. The maximum absolute atomic E-state index is 13.3. The average Bonchev–Trinajstić information content (AvgIpc) is 3.01. The van der Waals surface area contributed by atoms with Crippen LogP contribution in [0.2, 0.25) is 0 Å². The van der Waals surface area contributed by atoms with E-state index in [9.17, 15) is 19.1 Å². The molecule has 1 atom stereocenters. The molecule has 6 nitrogen and oxygen atoms in total. The van der Waals surface area contributed by atoms with Crippen LogP contribution >= 0.6 is 0 Å². The molecule has 1 amide bonds. The molecule has 0 aliphatic carbocycles. The monoisotopic (exact) mass is 424 g/mol. The number of hydrogen-bond acceptors (Lipinski definition) is 5. The largest absolute Gasteiger partial charge is 0.507 e. The van der Waals surface area contributed by atoms with E-state index < -0.39 is 23.5 Å². The number of carbonyl (C=O) groups excluding carboxylic acids is 2. The molecule has 0 saturated carbocycles. The first-order valence-electron chi connectivity index (χ1n) is 9.86. The number of Topliss-reactive ketones (excluding diaryl/α,β-unsaturated/α-hetero) is 1. The first-order chi connectivity index (χ1) is 14.8. The van der Waals surface area contributed by atoms with E-state index in [1.807, 2.05) is 19.0 Å². The van der Waals surface area contributed by atoms with E-state index in [2.05, 4.69) is 6.58 Å². The van der Waals surface area contributed by atoms with Crippen molar-refractivity contribution in [3.8, 4) is 5.75 Å². The third-order valence-corrected chi connectivity index (χ3v) is 4.99. The molecule has 1 saturated heterocycles. The molecule has 162 valence electrons. The normalized spacial score (nSPS) is 17.9. The van der Waals surface area contributed by atoms with Crippen molar-refractivity contribution in [1.29, 1.82) is 0 Å². The summed E-state index contributed by atoms with van der Waals surface area (Å²) in [5, 5.41) is 10.9. The number of aliphatic hydroxyl groups is 1. The molecule has 1 heterocycles. The highest BCUT2D eigenvalue weighted by atomic mass is 19.1. The third-order valence-electron chi connectivity index (χ3n) is 4.99. The Morgan fingerprint density at radius 3 is 2.58 bits per heavy atom. The number of nitrogens with zero attached hydrogens (tertiary/aromatic N) is 2. The van der Waals surface area contributed by atoms with Gasteiger partial charge in [0.1, 0.15) is 23.9 Å². The van der Waals surface area contributed by atoms with Crippen LogP contribution in [0.15, 0.2) is 66.8 Å². The fraction of sp³-hybridized carbons (Fsp3) is 0.250. The van der Waals surface area contributed by atoms with Gasteiger partial charge in [0.05, 0.1) is 11.6 Å². The summed E-state index contributed by atoms with van der Waals surface area (Å²) >= 11 is 0. The number of rotatable bonds is 8. The predicted octanol–water partition coefficient (Wildman–Crippen LogP) is 3.37. The number of hydrogen-bond donors (Lipinski definition) is 1. The van der Waals surface area contributed by atoms with E-state index >= 15 is 0 Å². The molecule has 0 bridgehead atoms. The molecule has 2 aromatic carbocycles. The van der Waals surface area contributed by atoms with Gasteiger partial charge in [-0.1, -0.05) is 24.8 Å². The minimum Gasteiger partial charge on any atom is -0.507 e. The van der Waals surface area contributed by atoms with E-state index in [-0.39, 0.29) is 16.9 Å². The molecule has 31 heavy (non-hydrogen) atoms. The Balaban J connectivity index is 2.12. The minimum atomic E-state index is -0.794. The van der Waals surface area contributed by atoms with Gasteiger partial charge in [0.25, 0.3) is 11.7 Å². The molecule has 1 N–H and O–H groups in total. The lowest BCUT2D eigenvalue weighted by Crippen LogP contribution is -2.35. The minimum absolute atomic E-state index is 0.0313. The van der Waals surface area contributed by atoms with Crippen molar-refractivity contribution in [3.63, 3.8) is 0 Å². The third kappa shape index (κ3) is 4.83. The Labute approximate surface area is 180 Å². The van der Waals surface area contributed by atoms with E-state index in [0.717, 1.165) is 0 Å². The maximum Gasteiger partial charge on any atom is 0.295 e. The van der Waals surface area contributed by atoms with Crippen molar-refractivity contribution in [3.05, 3.63) is 83.7 Å². The molecular formula is C24H25FN2O4. The lowest BCUT2D eigenvalue weighted by atomic mass is 9.95. The fourth-order valence-electron chi connectivity index (χ4n) is 3.46. The van der Waals surface area contributed by atoms with Crippen molar-refractivity contribution in [1.82, 2.24) is 9.80 Å². The number of ketones is 1. The summed E-state index contributed by atoms with van der Waals surface area (Å²) in [5.74, 6) is -1.71. The van der Waals surface area contributed by atoms with E-state index in [1.165, 1.54) is 29.2 Å². The lowest BCUT2D eigenvalue weighted by Gasteiger charge is -2.26. The Morgan fingerprint density at radius 1 is 1.23 bits per heavy atom. The van der Waals surface area contributed by atoms with Crippen molar-refractivity contribution in [2.75, 3.05) is 33.8 Å². The summed E-state index contributed by atoms with van der Waals surface area (Å²) in [5.41, 5.74) is 0.857. The Morgan fingerprint density at radius 2 is 1.94 bits per heavy atom. The van der Waals surface area contributed by atoms with Gasteiger partial charge in [-0.15, -0.1) is 0 Å². The van der Waals surface area contributed by atoms with Gasteiger partial charge in [-0.3, -0.25) is 9.59 Å². The Hall–Kier alpha value is -3.45. The lowest BCUT2D eigenvalue weighted by molar-refractivity contribution is -0.140. The summed E-state index contributed by atoms with van der Waals surface area (Å²) in [4.78, 5) is 29.2. The van der Waals surface area contributed by atoms with Gasteiger partial charge in [0, 0.05) is 18.7 Å². The highest BCUT2D eigenvalue weighted by molar-refractivity contribution is 6.46. The molecule has 0 spiro atoms. The number of amides is 1. The summed E-state index contributed by atoms with van der Waals surface area (Å²) in [7, 11) is 3.74. The van der Waals surface area contributed by atoms with Crippen molar-refractivity contribution >= 4 is 17.4 Å². The number of aliphatic hydroxyl groups excluding tert-OH is 1. The van der Waals surface area contributed by atoms with Crippen molar-refractivity contribution in [2.24, 2.45) is 0 Å². The number of halogens is 1. The van der Waals surface area contributed by atoms with Crippen LogP contribution in [0.3, 0.4) is 0 Å². The zero-order chi connectivity index (χ0) is 22.5. The molecule has 2 aromatic rings. The zero-order valence-electron chi connectivity index (χ0n) is 17.5. The molecule has 1 fully saturated rings. The SMILES string of the molecule is C=CCOc1cccc([C@H]2/C(=C(/O)c3ccc(F)cc3)C(=O)C(=O)N2CCN(C)C)c1. The van der Waals surface area contributed by atoms with Gasteiger partial charge < -0.3 is 19.6 Å². The second kappa shape index (κ2) is 9.57. The quantitative estimate of drug-likeness (QED) is 0.305. The van der Waals surface area contributed by atoms with E-state index in [1.54, 1.807) is 30.3 Å². The topological polar surface area (TPSA) is 70.1 Å². The smallest absolute Gasteiger partial charge is 0.295 e. The van der Waals surface area contributed by atoms with Crippen LogP contribution in [0.25, 0.3) is 5.76 Å². The zero-order valence-corrected chi connectivity index (χ0v) is 17.5. The van der Waals surface area contributed by atoms with E-state index in [4.69, 9.17) is 4.74 Å². The molecule has 0 aromatic heterocycles. The summed E-state index contributed by atoms with van der Waals surface area (Å²) < 4.78 is 18.9. The average molecular weight is 424 g/mol. The van der Waals surface area contributed by atoms with Gasteiger partial charge in [0.2, 0.25) is 0 Å². The van der Waals surface area contributed by atoms with Gasteiger partial charge in [-0.05, 0) is 56.1 Å². The van der Waals surface area contributed by atoms with Crippen LogP contribution in [0.1, 0.15) is 17.2 Å². The fourth-order valence-corrected chi connectivity index (χ4v) is 3.46. The summed E-state index contributed by atoms with van der Waals surface area (Å²) in [6, 6.07) is 11.4.